The van der Waals surface area contributed by atoms with Gasteiger partial charge in [-0.15, -0.1) is 0 Å². The van der Waals surface area contributed by atoms with E-state index in [1.165, 1.54) is 6.92 Å². The summed E-state index contributed by atoms with van der Waals surface area (Å²) in [4.78, 5) is 15.3. The van der Waals surface area contributed by atoms with Crippen molar-refractivity contribution >= 4 is 22.6 Å². The van der Waals surface area contributed by atoms with Gasteiger partial charge in [-0.3, -0.25) is 4.79 Å². The van der Waals surface area contributed by atoms with Gasteiger partial charge in [0, 0.05) is 31.2 Å². The van der Waals surface area contributed by atoms with E-state index in [9.17, 15) is 4.79 Å². The topological polar surface area (TPSA) is 69.0 Å². The lowest BCUT2D eigenvalue weighted by Gasteiger charge is -2.23. The number of nitrogens with one attached hydrogen (secondary N) is 1. The van der Waals surface area contributed by atoms with E-state index in [4.69, 9.17) is 4.74 Å². The van der Waals surface area contributed by atoms with Crippen LogP contribution in [0, 0.1) is 0 Å². The molecule has 1 N–H and O–H groups in total. The summed E-state index contributed by atoms with van der Waals surface area (Å²) in [5.41, 5.74) is 0.936. The van der Waals surface area contributed by atoms with Crippen molar-refractivity contribution in [1.29, 1.82) is 0 Å². The molecule has 2 aromatic heterocycles. The normalized spacial score (nSPS) is 19.5. The Morgan fingerprint density at radius 2 is 2.37 bits per heavy atom. The third kappa shape index (κ3) is 2.44. The number of fused-ring (bicyclic) bond motifs is 1. The molecule has 0 radical (unpaired) electrons. The van der Waals surface area contributed by atoms with Crippen molar-refractivity contribution in [2.24, 2.45) is 0 Å². The van der Waals surface area contributed by atoms with Crippen molar-refractivity contribution < 1.29 is 9.53 Å². The van der Waals surface area contributed by atoms with Gasteiger partial charge in [-0.05, 0) is 19.3 Å². The monoisotopic (exact) mass is 260 g/mol. The molecular formula is C13H16N4O2. The Morgan fingerprint density at radius 3 is 3.11 bits per heavy atom. The number of hydrogen-bond donors (Lipinski definition) is 1. The molecule has 2 aromatic rings. The van der Waals surface area contributed by atoms with Gasteiger partial charge in [0.2, 0.25) is 5.91 Å². The first kappa shape index (κ1) is 12.1. The standard InChI is InChI=1S/C13H16N4O2/c1-9(18)16-12-6-11-10(7-14-12)8-15-17(11)13-4-2-3-5-19-13/h6-8,13H,2-5H2,1H3,(H,14,16,18). The van der Waals surface area contributed by atoms with Gasteiger partial charge < -0.3 is 10.1 Å². The first-order valence-corrected chi connectivity index (χ1v) is 6.46. The molecule has 1 atom stereocenters. The Kier molecular flexibility index (Phi) is 3.16. The molecule has 1 unspecified atom stereocenters. The van der Waals surface area contributed by atoms with Crippen LogP contribution in [0.25, 0.3) is 10.9 Å². The highest BCUT2D eigenvalue weighted by Crippen LogP contribution is 2.26. The molecule has 1 aliphatic heterocycles. The van der Waals surface area contributed by atoms with E-state index >= 15 is 0 Å². The molecule has 0 saturated carbocycles. The Hall–Kier alpha value is -1.95. The molecule has 19 heavy (non-hydrogen) atoms. The highest BCUT2D eigenvalue weighted by Gasteiger charge is 2.18. The van der Waals surface area contributed by atoms with Crippen LogP contribution >= 0.6 is 0 Å². The molecule has 1 aliphatic rings. The number of amides is 1. The van der Waals surface area contributed by atoms with Crippen LogP contribution in [0.2, 0.25) is 0 Å². The zero-order valence-corrected chi connectivity index (χ0v) is 10.8. The Balaban J connectivity index is 1.97. The van der Waals surface area contributed by atoms with Crippen molar-refractivity contribution in [3.05, 3.63) is 18.5 Å². The molecule has 6 nitrogen and oxygen atoms in total. The van der Waals surface area contributed by atoms with Crippen LogP contribution < -0.4 is 5.32 Å². The van der Waals surface area contributed by atoms with Gasteiger partial charge in [-0.2, -0.15) is 5.10 Å². The van der Waals surface area contributed by atoms with E-state index in [-0.39, 0.29) is 12.1 Å². The number of anilines is 1. The van der Waals surface area contributed by atoms with Gasteiger partial charge >= 0.3 is 0 Å². The first-order chi connectivity index (χ1) is 9.24. The zero-order chi connectivity index (χ0) is 13.2. The quantitative estimate of drug-likeness (QED) is 0.897. The minimum atomic E-state index is -0.133. The average Bonchev–Trinajstić information content (AvgIpc) is 2.82. The van der Waals surface area contributed by atoms with Crippen molar-refractivity contribution in [2.75, 3.05) is 11.9 Å². The minimum absolute atomic E-state index is 0.0150. The number of carbonyl (C=O) groups excluding carboxylic acids is 1. The Morgan fingerprint density at radius 1 is 1.47 bits per heavy atom. The molecule has 1 fully saturated rings. The van der Waals surface area contributed by atoms with Crippen molar-refractivity contribution in [2.45, 2.75) is 32.4 Å². The van der Waals surface area contributed by atoms with E-state index in [0.717, 1.165) is 36.8 Å². The van der Waals surface area contributed by atoms with Gasteiger partial charge in [0.15, 0.2) is 6.23 Å². The van der Waals surface area contributed by atoms with Gasteiger partial charge in [0.05, 0.1) is 11.7 Å². The number of carbonyl (C=O) groups is 1. The van der Waals surface area contributed by atoms with E-state index < -0.39 is 0 Å². The van der Waals surface area contributed by atoms with Crippen LogP contribution in [0.1, 0.15) is 32.4 Å². The molecule has 100 valence electrons. The second-order valence-electron chi connectivity index (χ2n) is 4.72. The van der Waals surface area contributed by atoms with Crippen molar-refractivity contribution in [3.8, 4) is 0 Å². The van der Waals surface area contributed by atoms with Gasteiger partial charge in [-0.1, -0.05) is 0 Å². The molecular weight excluding hydrogens is 244 g/mol. The fraction of sp³-hybridized carbons (Fsp3) is 0.462. The molecule has 0 aromatic carbocycles. The number of ether oxygens (including phenoxy) is 1. The fourth-order valence-corrected chi connectivity index (χ4v) is 2.33. The first-order valence-electron chi connectivity index (χ1n) is 6.46. The summed E-state index contributed by atoms with van der Waals surface area (Å²) in [5.74, 6) is 0.407. The molecule has 1 saturated heterocycles. The summed E-state index contributed by atoms with van der Waals surface area (Å²) in [6.07, 6.45) is 6.70. The minimum Gasteiger partial charge on any atom is -0.356 e. The van der Waals surface area contributed by atoms with Crippen LogP contribution in [0.15, 0.2) is 18.5 Å². The average molecular weight is 260 g/mol. The third-order valence-electron chi connectivity index (χ3n) is 3.21. The second kappa shape index (κ2) is 4.97. The SMILES string of the molecule is CC(=O)Nc1cc2c(cn1)cnn2C1CCCCO1. The summed E-state index contributed by atoms with van der Waals surface area (Å²) in [6, 6.07) is 1.84. The number of pyridine rings is 1. The van der Waals surface area contributed by atoms with Crippen LogP contribution in [-0.2, 0) is 9.53 Å². The van der Waals surface area contributed by atoms with E-state index in [1.807, 2.05) is 10.7 Å². The predicted molar refractivity (Wildman–Crippen MR) is 70.7 cm³/mol. The summed E-state index contributed by atoms with van der Waals surface area (Å²) >= 11 is 0. The summed E-state index contributed by atoms with van der Waals surface area (Å²) in [7, 11) is 0. The predicted octanol–water partition coefficient (Wildman–Crippen LogP) is 2.09. The summed E-state index contributed by atoms with van der Waals surface area (Å²) in [5, 5.41) is 8.01. The summed E-state index contributed by atoms with van der Waals surface area (Å²) in [6.45, 7) is 2.24. The molecule has 3 heterocycles. The Labute approximate surface area is 110 Å². The molecule has 0 spiro atoms. The van der Waals surface area contributed by atoms with Crippen molar-refractivity contribution in [3.63, 3.8) is 0 Å². The number of hydrogen-bond acceptors (Lipinski definition) is 4. The number of rotatable bonds is 2. The molecule has 0 aliphatic carbocycles. The van der Waals surface area contributed by atoms with Crippen LogP contribution in [-0.4, -0.2) is 27.3 Å². The highest BCUT2D eigenvalue weighted by atomic mass is 16.5. The largest absolute Gasteiger partial charge is 0.356 e. The molecule has 0 bridgehead atoms. The smallest absolute Gasteiger partial charge is 0.222 e. The number of nitrogens with zero attached hydrogens (tertiary/aromatic N) is 3. The molecule has 6 heteroatoms. The van der Waals surface area contributed by atoms with Gasteiger partial charge in [0.1, 0.15) is 5.82 Å². The van der Waals surface area contributed by atoms with Crippen LogP contribution in [0.4, 0.5) is 5.82 Å². The molecule has 1 amide bonds. The maximum Gasteiger partial charge on any atom is 0.222 e. The maximum atomic E-state index is 11.1. The van der Waals surface area contributed by atoms with Crippen LogP contribution in [0.5, 0.6) is 0 Å². The lowest BCUT2D eigenvalue weighted by atomic mass is 10.2. The van der Waals surface area contributed by atoms with Gasteiger partial charge in [0.25, 0.3) is 0 Å². The fourth-order valence-electron chi connectivity index (χ4n) is 2.33. The third-order valence-corrected chi connectivity index (χ3v) is 3.21. The van der Waals surface area contributed by atoms with Crippen LogP contribution in [0.3, 0.4) is 0 Å². The summed E-state index contributed by atoms with van der Waals surface area (Å²) < 4.78 is 7.62. The van der Waals surface area contributed by atoms with Crippen molar-refractivity contribution in [1.82, 2.24) is 14.8 Å². The van der Waals surface area contributed by atoms with Gasteiger partial charge in [-0.25, -0.2) is 9.67 Å². The van der Waals surface area contributed by atoms with E-state index in [0.29, 0.717) is 5.82 Å². The Bertz CT molecular complexity index is 602. The second-order valence-corrected chi connectivity index (χ2v) is 4.72. The van der Waals surface area contributed by atoms with E-state index in [2.05, 4.69) is 15.4 Å². The maximum absolute atomic E-state index is 11.1. The molecule has 3 rings (SSSR count). The van der Waals surface area contributed by atoms with E-state index in [1.54, 1.807) is 12.4 Å². The lowest BCUT2D eigenvalue weighted by molar-refractivity contribution is -0.114. The highest BCUT2D eigenvalue weighted by molar-refractivity contribution is 5.90. The lowest BCUT2D eigenvalue weighted by Crippen LogP contribution is -2.19. The number of aromatic nitrogens is 3. The zero-order valence-electron chi connectivity index (χ0n) is 10.8.